The quantitative estimate of drug-likeness (QED) is 0.0506. The number of esters is 2. The maximum absolute atomic E-state index is 12.1. The molecule has 228 valence electrons. The fraction of sp³-hybridized carbons (Fsp3) is 0.824. The SMILES string of the molecule is C=C(COCC(=C)C(=O)OCCCCCCCCCCCCC)C(=O)OCCCCCCCCCCCCC. The molecule has 0 atom stereocenters. The van der Waals surface area contributed by atoms with Crippen molar-refractivity contribution >= 4 is 11.9 Å². The average Bonchev–Trinajstić information content (AvgIpc) is 2.93. The van der Waals surface area contributed by atoms with Gasteiger partial charge in [0.25, 0.3) is 0 Å². The molecule has 0 aliphatic rings. The largest absolute Gasteiger partial charge is 0.462 e. The molecule has 0 radical (unpaired) electrons. The van der Waals surface area contributed by atoms with E-state index in [1.165, 1.54) is 116 Å². The Morgan fingerprint density at radius 3 is 0.974 bits per heavy atom. The predicted octanol–water partition coefficient (Wildman–Crippen LogP) is 9.82. The Hall–Kier alpha value is -1.62. The first kappa shape index (κ1) is 37.4. The molecule has 39 heavy (non-hydrogen) atoms. The number of hydrogen-bond donors (Lipinski definition) is 0. The van der Waals surface area contributed by atoms with Gasteiger partial charge in [-0.15, -0.1) is 0 Å². The first-order valence-electron chi connectivity index (χ1n) is 16.3. The van der Waals surface area contributed by atoms with Gasteiger partial charge in [-0.3, -0.25) is 0 Å². The second kappa shape index (κ2) is 29.4. The highest BCUT2D eigenvalue weighted by Gasteiger charge is 2.12. The van der Waals surface area contributed by atoms with Crippen LogP contribution in [0, 0.1) is 0 Å². The van der Waals surface area contributed by atoms with E-state index in [0.29, 0.717) is 13.2 Å². The number of carbonyl (C=O) groups is 2. The summed E-state index contributed by atoms with van der Waals surface area (Å²) in [5.41, 5.74) is 0.500. The topological polar surface area (TPSA) is 61.8 Å². The smallest absolute Gasteiger partial charge is 0.335 e. The third-order valence-electron chi connectivity index (χ3n) is 7.09. The molecule has 0 aromatic heterocycles. The maximum atomic E-state index is 12.1. The lowest BCUT2D eigenvalue weighted by molar-refractivity contribution is -0.139. The molecular weight excluding hydrogens is 488 g/mol. The van der Waals surface area contributed by atoms with Gasteiger partial charge in [-0.1, -0.05) is 155 Å². The van der Waals surface area contributed by atoms with Gasteiger partial charge in [0.1, 0.15) is 0 Å². The lowest BCUT2D eigenvalue weighted by Gasteiger charge is -2.10. The van der Waals surface area contributed by atoms with Crippen molar-refractivity contribution in [2.45, 2.75) is 155 Å². The highest BCUT2D eigenvalue weighted by atomic mass is 16.5. The number of ether oxygens (including phenoxy) is 3. The minimum absolute atomic E-state index is 0.0159. The molecule has 0 bridgehead atoms. The van der Waals surface area contributed by atoms with Gasteiger partial charge in [0.2, 0.25) is 0 Å². The zero-order valence-electron chi connectivity index (χ0n) is 25.8. The van der Waals surface area contributed by atoms with Crippen molar-refractivity contribution in [1.29, 1.82) is 0 Å². The summed E-state index contributed by atoms with van der Waals surface area (Å²) in [5, 5.41) is 0. The lowest BCUT2D eigenvalue weighted by Crippen LogP contribution is -2.16. The van der Waals surface area contributed by atoms with E-state index in [9.17, 15) is 9.59 Å². The summed E-state index contributed by atoms with van der Waals surface area (Å²) in [6.45, 7) is 12.8. The fourth-order valence-corrected chi connectivity index (χ4v) is 4.48. The average molecular weight is 551 g/mol. The van der Waals surface area contributed by atoms with Gasteiger partial charge in [0.05, 0.1) is 37.6 Å². The molecule has 5 nitrogen and oxygen atoms in total. The molecule has 5 heteroatoms. The van der Waals surface area contributed by atoms with E-state index in [2.05, 4.69) is 27.0 Å². The van der Waals surface area contributed by atoms with E-state index in [1.54, 1.807) is 0 Å². The number of carbonyl (C=O) groups excluding carboxylic acids is 2. The normalized spacial score (nSPS) is 10.9. The molecule has 0 unspecified atom stereocenters. The minimum Gasteiger partial charge on any atom is -0.462 e. The van der Waals surface area contributed by atoms with Crippen LogP contribution >= 0.6 is 0 Å². The Balaban J connectivity index is 3.56. The molecule has 0 N–H and O–H groups in total. The summed E-state index contributed by atoms with van der Waals surface area (Å²) < 4.78 is 16.0. The van der Waals surface area contributed by atoms with Crippen LogP contribution in [-0.2, 0) is 23.8 Å². The van der Waals surface area contributed by atoms with Crippen LogP contribution in [0.2, 0.25) is 0 Å². The van der Waals surface area contributed by atoms with Gasteiger partial charge < -0.3 is 14.2 Å². The van der Waals surface area contributed by atoms with E-state index < -0.39 is 11.9 Å². The second-order valence-electron chi connectivity index (χ2n) is 11.0. The van der Waals surface area contributed by atoms with E-state index in [4.69, 9.17) is 14.2 Å². The zero-order valence-corrected chi connectivity index (χ0v) is 25.8. The van der Waals surface area contributed by atoms with Gasteiger partial charge in [-0.05, 0) is 12.8 Å². The summed E-state index contributed by atoms with van der Waals surface area (Å²) in [5.74, 6) is -0.876. The summed E-state index contributed by atoms with van der Waals surface area (Å²) in [6, 6.07) is 0. The maximum Gasteiger partial charge on any atom is 0.335 e. The minimum atomic E-state index is -0.438. The summed E-state index contributed by atoms with van der Waals surface area (Å²) in [4.78, 5) is 24.1. The van der Waals surface area contributed by atoms with Crippen LogP contribution in [0.1, 0.15) is 155 Å². The van der Waals surface area contributed by atoms with Gasteiger partial charge in [0.15, 0.2) is 0 Å². The van der Waals surface area contributed by atoms with Crippen LogP contribution in [-0.4, -0.2) is 38.4 Å². The number of rotatable bonds is 30. The molecule has 0 saturated heterocycles. The first-order chi connectivity index (χ1) is 19.0. The molecule has 0 aliphatic carbocycles. The fourth-order valence-electron chi connectivity index (χ4n) is 4.48. The third-order valence-corrected chi connectivity index (χ3v) is 7.09. The molecule has 0 aliphatic heterocycles. The third kappa shape index (κ3) is 26.4. The highest BCUT2D eigenvalue weighted by Crippen LogP contribution is 2.13. The lowest BCUT2D eigenvalue weighted by atomic mass is 10.1. The Bertz CT molecular complexity index is 561. The molecule has 0 heterocycles. The van der Waals surface area contributed by atoms with E-state index >= 15 is 0 Å². The molecule has 0 saturated carbocycles. The van der Waals surface area contributed by atoms with Crippen LogP contribution in [0.5, 0.6) is 0 Å². The van der Waals surface area contributed by atoms with Crippen molar-refractivity contribution < 1.29 is 23.8 Å². The van der Waals surface area contributed by atoms with Crippen molar-refractivity contribution in [3.63, 3.8) is 0 Å². The molecule has 0 aromatic rings. The van der Waals surface area contributed by atoms with E-state index in [1.807, 2.05) is 0 Å². The Morgan fingerprint density at radius 2 is 0.692 bits per heavy atom. The second-order valence-corrected chi connectivity index (χ2v) is 11.0. The Labute approximate surface area is 241 Å². The van der Waals surface area contributed by atoms with Crippen LogP contribution in [0.3, 0.4) is 0 Å². The van der Waals surface area contributed by atoms with Gasteiger partial charge in [-0.2, -0.15) is 0 Å². The standard InChI is InChI=1S/C34H62O5/c1-5-7-9-11-13-15-17-19-21-23-25-27-38-33(35)31(3)29-37-30-32(4)34(36)39-28-26-24-22-20-18-16-14-12-10-8-6-2/h3-30H2,1-2H3. The van der Waals surface area contributed by atoms with E-state index in [0.717, 1.165) is 25.7 Å². The predicted molar refractivity (Wildman–Crippen MR) is 164 cm³/mol. The highest BCUT2D eigenvalue weighted by molar-refractivity contribution is 5.88. The zero-order chi connectivity index (χ0) is 28.8. The molecule has 0 spiro atoms. The van der Waals surface area contributed by atoms with Crippen molar-refractivity contribution in [3.8, 4) is 0 Å². The molecule has 0 amide bonds. The number of unbranched alkanes of at least 4 members (excludes halogenated alkanes) is 20. The van der Waals surface area contributed by atoms with Crippen molar-refractivity contribution in [3.05, 3.63) is 24.3 Å². The summed E-state index contributed by atoms with van der Waals surface area (Å²) >= 11 is 0. The van der Waals surface area contributed by atoms with Crippen LogP contribution < -0.4 is 0 Å². The van der Waals surface area contributed by atoms with Crippen molar-refractivity contribution in [2.75, 3.05) is 26.4 Å². The molecular formula is C34H62O5. The van der Waals surface area contributed by atoms with Gasteiger partial charge in [-0.25, -0.2) is 9.59 Å². The summed E-state index contributed by atoms with van der Waals surface area (Å²) in [7, 11) is 0. The molecule has 0 fully saturated rings. The van der Waals surface area contributed by atoms with E-state index in [-0.39, 0.29) is 24.4 Å². The Morgan fingerprint density at radius 1 is 0.436 bits per heavy atom. The van der Waals surface area contributed by atoms with Crippen LogP contribution in [0.15, 0.2) is 24.3 Å². The number of hydrogen-bond acceptors (Lipinski definition) is 5. The van der Waals surface area contributed by atoms with Crippen LogP contribution in [0.25, 0.3) is 0 Å². The molecule has 0 rings (SSSR count). The van der Waals surface area contributed by atoms with Crippen LogP contribution in [0.4, 0.5) is 0 Å². The van der Waals surface area contributed by atoms with Gasteiger partial charge in [0, 0.05) is 0 Å². The van der Waals surface area contributed by atoms with Crippen molar-refractivity contribution in [1.82, 2.24) is 0 Å². The molecule has 0 aromatic carbocycles. The Kier molecular flexibility index (Phi) is 28.1. The monoisotopic (exact) mass is 550 g/mol. The van der Waals surface area contributed by atoms with Gasteiger partial charge >= 0.3 is 11.9 Å². The first-order valence-corrected chi connectivity index (χ1v) is 16.3. The summed E-state index contributed by atoms with van der Waals surface area (Å²) in [6.07, 6.45) is 27.6. The van der Waals surface area contributed by atoms with Crippen molar-refractivity contribution in [2.24, 2.45) is 0 Å².